The number of aryl methyl sites for hydroxylation is 1. The number of carbonyl (C=O) groups is 1. The van der Waals surface area contributed by atoms with Crippen LogP contribution in [-0.4, -0.2) is 26.1 Å². The second kappa shape index (κ2) is 7.79. The van der Waals surface area contributed by atoms with Gasteiger partial charge in [-0.2, -0.15) is 0 Å². The zero-order chi connectivity index (χ0) is 14.3. The van der Waals surface area contributed by atoms with E-state index in [0.29, 0.717) is 6.54 Å². The molecule has 4 nitrogen and oxygen atoms in total. The summed E-state index contributed by atoms with van der Waals surface area (Å²) in [6, 6.07) is 5.91. The molecule has 0 aromatic heterocycles. The first-order valence-electron chi connectivity index (χ1n) is 6.73. The lowest BCUT2D eigenvalue weighted by Crippen LogP contribution is -2.35. The lowest BCUT2D eigenvalue weighted by Gasteiger charge is -2.18. The Kier molecular flexibility index (Phi) is 6.36. The number of methoxy groups -OCH3 is 1. The van der Waals surface area contributed by atoms with Crippen LogP contribution < -0.4 is 15.4 Å². The number of hydrogen-bond acceptors (Lipinski definition) is 3. The first-order valence-corrected chi connectivity index (χ1v) is 6.73. The fourth-order valence-corrected chi connectivity index (χ4v) is 1.94. The molecule has 106 valence electrons. The Balaban J connectivity index is 2.64. The minimum absolute atomic E-state index is 0.00418. The van der Waals surface area contributed by atoms with Crippen molar-refractivity contribution >= 4 is 5.91 Å². The van der Waals surface area contributed by atoms with Crippen LogP contribution in [0.4, 0.5) is 0 Å². The average Bonchev–Trinajstić information content (AvgIpc) is 2.39. The summed E-state index contributed by atoms with van der Waals surface area (Å²) >= 11 is 0. The third-order valence-corrected chi connectivity index (χ3v) is 2.94. The van der Waals surface area contributed by atoms with Crippen LogP contribution in [0.15, 0.2) is 18.2 Å². The number of ether oxygens (including phenoxy) is 1. The Bertz CT molecular complexity index is 419. The third kappa shape index (κ3) is 4.91. The van der Waals surface area contributed by atoms with Gasteiger partial charge in [0.05, 0.1) is 19.7 Å². The Morgan fingerprint density at radius 2 is 2.16 bits per heavy atom. The van der Waals surface area contributed by atoms with E-state index in [2.05, 4.69) is 17.6 Å². The van der Waals surface area contributed by atoms with E-state index in [1.165, 1.54) is 0 Å². The Hall–Kier alpha value is -1.55. The first-order chi connectivity index (χ1) is 9.08. The predicted octanol–water partition coefficient (Wildman–Crippen LogP) is 2.18. The molecule has 0 saturated heterocycles. The van der Waals surface area contributed by atoms with E-state index >= 15 is 0 Å². The molecule has 0 aliphatic heterocycles. The van der Waals surface area contributed by atoms with Gasteiger partial charge in [0.25, 0.3) is 0 Å². The van der Waals surface area contributed by atoms with Crippen LogP contribution >= 0.6 is 0 Å². The molecule has 0 heterocycles. The minimum Gasteiger partial charge on any atom is -0.496 e. The van der Waals surface area contributed by atoms with Crippen molar-refractivity contribution in [1.29, 1.82) is 0 Å². The van der Waals surface area contributed by atoms with Gasteiger partial charge in [0.2, 0.25) is 5.91 Å². The molecule has 1 aromatic carbocycles. The highest BCUT2D eigenvalue weighted by Crippen LogP contribution is 2.25. The quantitative estimate of drug-likeness (QED) is 0.742. The van der Waals surface area contributed by atoms with Gasteiger partial charge in [0.1, 0.15) is 5.75 Å². The van der Waals surface area contributed by atoms with E-state index in [1.807, 2.05) is 32.0 Å². The van der Waals surface area contributed by atoms with E-state index in [1.54, 1.807) is 7.11 Å². The van der Waals surface area contributed by atoms with Gasteiger partial charge in [0.15, 0.2) is 0 Å². The van der Waals surface area contributed by atoms with Crippen LogP contribution in [0.2, 0.25) is 0 Å². The fraction of sp³-hybridized carbons (Fsp3) is 0.533. The highest BCUT2D eigenvalue weighted by atomic mass is 16.5. The monoisotopic (exact) mass is 264 g/mol. The van der Waals surface area contributed by atoms with Gasteiger partial charge in [-0.05, 0) is 32.9 Å². The van der Waals surface area contributed by atoms with Gasteiger partial charge >= 0.3 is 0 Å². The highest BCUT2D eigenvalue weighted by molar-refractivity contribution is 5.78. The molecular weight excluding hydrogens is 240 g/mol. The molecule has 19 heavy (non-hydrogen) atoms. The minimum atomic E-state index is -0.0641. The van der Waals surface area contributed by atoms with Gasteiger partial charge in [-0.1, -0.05) is 24.6 Å². The summed E-state index contributed by atoms with van der Waals surface area (Å²) in [5.41, 5.74) is 2.16. The van der Waals surface area contributed by atoms with E-state index < -0.39 is 0 Å². The molecule has 0 saturated carbocycles. The number of rotatable bonds is 7. The Morgan fingerprint density at radius 3 is 2.79 bits per heavy atom. The molecule has 4 heteroatoms. The summed E-state index contributed by atoms with van der Waals surface area (Å²) in [4.78, 5) is 11.8. The Morgan fingerprint density at radius 1 is 1.42 bits per heavy atom. The summed E-state index contributed by atoms with van der Waals surface area (Å²) < 4.78 is 5.33. The van der Waals surface area contributed by atoms with Gasteiger partial charge in [-0.15, -0.1) is 0 Å². The van der Waals surface area contributed by atoms with Crippen molar-refractivity contribution in [2.24, 2.45) is 0 Å². The number of hydrogen-bond donors (Lipinski definition) is 2. The number of benzene rings is 1. The van der Waals surface area contributed by atoms with Crippen molar-refractivity contribution in [2.75, 3.05) is 20.2 Å². The van der Waals surface area contributed by atoms with Crippen molar-refractivity contribution in [1.82, 2.24) is 10.6 Å². The molecule has 0 aliphatic carbocycles. The predicted molar refractivity (Wildman–Crippen MR) is 77.4 cm³/mol. The Labute approximate surface area is 115 Å². The van der Waals surface area contributed by atoms with Crippen LogP contribution in [0, 0.1) is 6.92 Å². The summed E-state index contributed by atoms with van der Waals surface area (Å²) in [6.45, 7) is 7.28. The summed E-state index contributed by atoms with van der Waals surface area (Å²) in [5, 5.41) is 6.06. The van der Waals surface area contributed by atoms with Crippen LogP contribution in [0.3, 0.4) is 0 Å². The van der Waals surface area contributed by atoms with Crippen molar-refractivity contribution in [2.45, 2.75) is 33.2 Å². The molecule has 2 N–H and O–H groups in total. The van der Waals surface area contributed by atoms with E-state index in [-0.39, 0.29) is 11.9 Å². The molecule has 0 radical (unpaired) electrons. The number of nitrogens with one attached hydrogen (secondary N) is 2. The van der Waals surface area contributed by atoms with E-state index in [9.17, 15) is 4.79 Å². The zero-order valence-electron chi connectivity index (χ0n) is 12.2. The normalized spacial score (nSPS) is 12.0. The van der Waals surface area contributed by atoms with Gasteiger partial charge in [-0.3, -0.25) is 4.79 Å². The lowest BCUT2D eigenvalue weighted by atomic mass is 10.0. The fourth-order valence-electron chi connectivity index (χ4n) is 1.94. The van der Waals surface area contributed by atoms with E-state index in [4.69, 9.17) is 4.74 Å². The zero-order valence-corrected chi connectivity index (χ0v) is 12.2. The molecule has 1 atom stereocenters. The molecule has 0 spiro atoms. The topological polar surface area (TPSA) is 50.4 Å². The van der Waals surface area contributed by atoms with Crippen LogP contribution in [0.25, 0.3) is 0 Å². The van der Waals surface area contributed by atoms with Crippen LogP contribution in [0.1, 0.15) is 37.4 Å². The largest absolute Gasteiger partial charge is 0.496 e. The van der Waals surface area contributed by atoms with Crippen molar-refractivity contribution < 1.29 is 9.53 Å². The number of carbonyl (C=O) groups excluding carboxylic acids is 1. The second-order valence-electron chi connectivity index (χ2n) is 4.71. The van der Waals surface area contributed by atoms with Crippen LogP contribution in [-0.2, 0) is 4.79 Å². The molecular formula is C15H24N2O2. The van der Waals surface area contributed by atoms with Crippen LogP contribution in [0.5, 0.6) is 5.75 Å². The summed E-state index contributed by atoms with van der Waals surface area (Å²) in [7, 11) is 1.64. The SMILES string of the molecule is CCCNCC(=O)NC(C)c1cc(C)ccc1OC. The number of amides is 1. The summed E-state index contributed by atoms with van der Waals surface area (Å²) in [5.74, 6) is 0.810. The third-order valence-electron chi connectivity index (χ3n) is 2.94. The molecule has 0 fully saturated rings. The maximum absolute atomic E-state index is 11.8. The standard InChI is InChI=1S/C15H24N2O2/c1-5-8-16-10-15(18)17-12(3)13-9-11(2)6-7-14(13)19-4/h6-7,9,12,16H,5,8,10H2,1-4H3,(H,17,18). The average molecular weight is 264 g/mol. The smallest absolute Gasteiger partial charge is 0.234 e. The molecule has 1 rings (SSSR count). The molecule has 1 aromatic rings. The highest BCUT2D eigenvalue weighted by Gasteiger charge is 2.13. The molecule has 1 amide bonds. The van der Waals surface area contributed by atoms with Gasteiger partial charge in [0, 0.05) is 5.56 Å². The van der Waals surface area contributed by atoms with Crippen molar-refractivity contribution in [3.63, 3.8) is 0 Å². The molecule has 1 unspecified atom stereocenters. The second-order valence-corrected chi connectivity index (χ2v) is 4.71. The first kappa shape index (κ1) is 15.5. The van der Waals surface area contributed by atoms with Crippen molar-refractivity contribution in [3.8, 4) is 5.75 Å². The van der Waals surface area contributed by atoms with Gasteiger partial charge in [-0.25, -0.2) is 0 Å². The van der Waals surface area contributed by atoms with Gasteiger partial charge < -0.3 is 15.4 Å². The maximum Gasteiger partial charge on any atom is 0.234 e. The molecule has 0 bridgehead atoms. The van der Waals surface area contributed by atoms with E-state index in [0.717, 1.165) is 29.8 Å². The maximum atomic E-state index is 11.8. The van der Waals surface area contributed by atoms with Crippen molar-refractivity contribution in [3.05, 3.63) is 29.3 Å². The molecule has 0 aliphatic rings. The lowest BCUT2D eigenvalue weighted by molar-refractivity contribution is -0.120. The summed E-state index contributed by atoms with van der Waals surface area (Å²) in [6.07, 6.45) is 1.02.